The van der Waals surface area contributed by atoms with Crippen molar-refractivity contribution in [2.75, 3.05) is 0 Å². The van der Waals surface area contributed by atoms with Crippen molar-refractivity contribution in [3.05, 3.63) is 0 Å². The maximum atomic E-state index is 8.20. The molecule has 0 unspecified atom stereocenters. The molecule has 0 saturated heterocycles. The Balaban J connectivity index is 4.00. The quantitative estimate of drug-likeness (QED) is 0.412. The van der Waals surface area contributed by atoms with E-state index in [1.165, 1.54) is 0 Å². The molecule has 0 rings (SSSR count). The molecule has 0 aromatic carbocycles. The van der Waals surface area contributed by atoms with Gasteiger partial charge in [-0.15, -0.1) is 6.42 Å². The highest BCUT2D eigenvalue weighted by Gasteiger charge is 2.09. The topological polar surface area (TPSA) is 23.8 Å². The van der Waals surface area contributed by atoms with Gasteiger partial charge in [0, 0.05) is 0 Å². The molecule has 0 atom stereocenters. The molecule has 0 saturated carbocycles. The summed E-state index contributed by atoms with van der Waals surface area (Å²) < 4.78 is 0. The minimum absolute atomic E-state index is 0.583. The molecule has 0 amide bonds. The smallest absolute Gasteiger partial charge is 0.112 e. The lowest BCUT2D eigenvalue weighted by atomic mass is 9.98. The molecule has 0 bridgehead atoms. The normalized spacial score (nSPS) is 9.14. The first-order valence-electron chi connectivity index (χ1n) is 2.01. The van der Waals surface area contributed by atoms with E-state index in [2.05, 4.69) is 5.92 Å². The van der Waals surface area contributed by atoms with Crippen LogP contribution in [0.1, 0.15) is 13.8 Å². The zero-order valence-electron chi connectivity index (χ0n) is 4.52. The number of nitrogens with zero attached hydrogens (tertiary/aromatic N) is 1. The summed E-state index contributed by atoms with van der Waals surface area (Å²) in [5, 5.41) is 8.20. The standard InChI is InChI=1S/C6H7N/c1-4-6(2,3)5-7/h1H,2-3H3. The van der Waals surface area contributed by atoms with E-state index in [0.29, 0.717) is 0 Å². The molecule has 0 N–H and O–H groups in total. The van der Waals surface area contributed by atoms with Gasteiger partial charge in [0.2, 0.25) is 0 Å². The maximum absolute atomic E-state index is 8.20. The van der Waals surface area contributed by atoms with Crippen LogP contribution in [0.3, 0.4) is 0 Å². The molecule has 0 fully saturated rings. The van der Waals surface area contributed by atoms with Crippen LogP contribution < -0.4 is 0 Å². The van der Waals surface area contributed by atoms with Crippen LogP contribution in [0.15, 0.2) is 0 Å². The van der Waals surface area contributed by atoms with Gasteiger partial charge in [-0.1, -0.05) is 5.92 Å². The van der Waals surface area contributed by atoms with Crippen molar-refractivity contribution in [3.8, 4) is 18.4 Å². The number of hydrogen-bond donors (Lipinski definition) is 0. The van der Waals surface area contributed by atoms with Crippen LogP contribution in [0, 0.1) is 29.1 Å². The van der Waals surface area contributed by atoms with E-state index in [1.54, 1.807) is 13.8 Å². The van der Waals surface area contributed by atoms with Crippen LogP contribution in [-0.4, -0.2) is 0 Å². The Kier molecular flexibility index (Phi) is 1.44. The number of rotatable bonds is 0. The highest BCUT2D eigenvalue weighted by molar-refractivity contribution is 5.12. The van der Waals surface area contributed by atoms with E-state index in [0.717, 1.165) is 0 Å². The van der Waals surface area contributed by atoms with Crippen molar-refractivity contribution in [2.24, 2.45) is 5.41 Å². The Morgan fingerprint density at radius 1 is 1.57 bits per heavy atom. The van der Waals surface area contributed by atoms with Gasteiger partial charge in [-0.25, -0.2) is 0 Å². The predicted molar refractivity (Wildman–Crippen MR) is 28.2 cm³/mol. The highest BCUT2D eigenvalue weighted by atomic mass is 14.3. The fourth-order valence-electron chi connectivity index (χ4n) is 0.0323. The molecule has 36 valence electrons. The van der Waals surface area contributed by atoms with Crippen LogP contribution in [0.4, 0.5) is 0 Å². The second-order valence-corrected chi connectivity index (χ2v) is 1.88. The Bertz CT molecular complexity index is 115. The van der Waals surface area contributed by atoms with Crippen molar-refractivity contribution in [1.29, 1.82) is 5.26 Å². The van der Waals surface area contributed by atoms with Gasteiger partial charge in [-0.3, -0.25) is 0 Å². The zero-order valence-corrected chi connectivity index (χ0v) is 4.52. The van der Waals surface area contributed by atoms with Crippen LogP contribution in [0.5, 0.6) is 0 Å². The molecule has 0 spiro atoms. The highest BCUT2D eigenvalue weighted by Crippen LogP contribution is 2.08. The fraction of sp³-hybridized carbons (Fsp3) is 0.500. The molecule has 0 radical (unpaired) electrons. The second kappa shape index (κ2) is 1.67. The number of terminal acetylenes is 1. The summed E-state index contributed by atoms with van der Waals surface area (Å²) >= 11 is 0. The maximum Gasteiger partial charge on any atom is 0.112 e. The summed E-state index contributed by atoms with van der Waals surface area (Å²) in [5.74, 6) is 2.33. The van der Waals surface area contributed by atoms with E-state index in [4.69, 9.17) is 11.7 Å². The van der Waals surface area contributed by atoms with Crippen LogP contribution >= 0.6 is 0 Å². The molecular formula is C6H7N. The lowest BCUT2D eigenvalue weighted by Gasteiger charge is -2.00. The van der Waals surface area contributed by atoms with Gasteiger partial charge in [0.25, 0.3) is 0 Å². The zero-order chi connectivity index (χ0) is 5.91. The lowest BCUT2D eigenvalue weighted by molar-refractivity contribution is 0.674. The molecule has 0 aliphatic heterocycles. The minimum Gasteiger partial charge on any atom is -0.197 e. The summed E-state index contributed by atoms with van der Waals surface area (Å²) in [6.07, 6.45) is 4.94. The molecule has 0 heterocycles. The van der Waals surface area contributed by atoms with Gasteiger partial charge < -0.3 is 0 Å². The Morgan fingerprint density at radius 2 is 2.00 bits per heavy atom. The van der Waals surface area contributed by atoms with E-state index >= 15 is 0 Å². The van der Waals surface area contributed by atoms with E-state index in [1.807, 2.05) is 6.07 Å². The van der Waals surface area contributed by atoms with Crippen LogP contribution in [0.25, 0.3) is 0 Å². The van der Waals surface area contributed by atoms with Crippen LogP contribution in [0.2, 0.25) is 0 Å². The first-order chi connectivity index (χ1) is 3.12. The largest absolute Gasteiger partial charge is 0.197 e. The Labute approximate surface area is 44.0 Å². The predicted octanol–water partition coefficient (Wildman–Crippen LogP) is 1.17. The van der Waals surface area contributed by atoms with Gasteiger partial charge in [0.15, 0.2) is 0 Å². The first kappa shape index (κ1) is 6.05. The molecule has 7 heavy (non-hydrogen) atoms. The van der Waals surface area contributed by atoms with Gasteiger partial charge >= 0.3 is 0 Å². The third kappa shape index (κ3) is 1.84. The third-order valence-electron chi connectivity index (χ3n) is 0.640. The molecule has 0 aromatic heterocycles. The van der Waals surface area contributed by atoms with Crippen molar-refractivity contribution in [1.82, 2.24) is 0 Å². The van der Waals surface area contributed by atoms with Gasteiger partial charge in [0.1, 0.15) is 5.41 Å². The minimum atomic E-state index is -0.583. The Hall–Kier alpha value is -0.950. The van der Waals surface area contributed by atoms with Gasteiger partial charge in [0.05, 0.1) is 6.07 Å². The van der Waals surface area contributed by atoms with E-state index in [-0.39, 0.29) is 0 Å². The molecular weight excluding hydrogens is 86.1 g/mol. The summed E-state index contributed by atoms with van der Waals surface area (Å²) in [6, 6.07) is 1.95. The van der Waals surface area contributed by atoms with Crippen molar-refractivity contribution in [2.45, 2.75) is 13.8 Å². The van der Waals surface area contributed by atoms with Crippen molar-refractivity contribution in [3.63, 3.8) is 0 Å². The fourth-order valence-corrected chi connectivity index (χ4v) is 0.0323. The molecule has 0 aromatic rings. The molecule has 1 heteroatoms. The van der Waals surface area contributed by atoms with Crippen molar-refractivity contribution < 1.29 is 0 Å². The average Bonchev–Trinajstić information content (AvgIpc) is 1.68. The summed E-state index contributed by atoms with van der Waals surface area (Å²) in [4.78, 5) is 0. The second-order valence-electron chi connectivity index (χ2n) is 1.88. The average molecular weight is 93.1 g/mol. The van der Waals surface area contributed by atoms with E-state index in [9.17, 15) is 0 Å². The summed E-state index contributed by atoms with van der Waals surface area (Å²) in [6.45, 7) is 3.40. The molecule has 1 nitrogen and oxygen atoms in total. The van der Waals surface area contributed by atoms with Gasteiger partial charge in [-0.2, -0.15) is 5.26 Å². The van der Waals surface area contributed by atoms with Crippen molar-refractivity contribution >= 4 is 0 Å². The third-order valence-corrected chi connectivity index (χ3v) is 0.640. The monoisotopic (exact) mass is 93.1 g/mol. The Morgan fingerprint density at radius 3 is 2.00 bits per heavy atom. The number of nitriles is 1. The SMILES string of the molecule is C#CC(C)(C)C#N. The number of hydrogen-bond acceptors (Lipinski definition) is 1. The first-order valence-corrected chi connectivity index (χ1v) is 2.01. The van der Waals surface area contributed by atoms with Gasteiger partial charge in [-0.05, 0) is 13.8 Å². The van der Waals surface area contributed by atoms with E-state index < -0.39 is 5.41 Å². The van der Waals surface area contributed by atoms with Crippen LogP contribution in [-0.2, 0) is 0 Å². The summed E-state index contributed by atoms with van der Waals surface area (Å²) in [5.41, 5.74) is -0.583. The summed E-state index contributed by atoms with van der Waals surface area (Å²) in [7, 11) is 0. The molecule has 0 aliphatic rings. The lowest BCUT2D eigenvalue weighted by Crippen LogP contribution is -2.01. The molecule has 0 aliphatic carbocycles.